The first-order chi connectivity index (χ1) is 20.0. The van der Waals surface area contributed by atoms with E-state index < -0.39 is 5.82 Å². The molecule has 2 aliphatic heterocycles. The Morgan fingerprint density at radius 2 is 1.76 bits per heavy atom. The molecule has 0 bridgehead atoms. The van der Waals surface area contributed by atoms with Crippen LogP contribution in [0.15, 0.2) is 36.7 Å². The Kier molecular flexibility index (Phi) is 9.05. The molecule has 0 atom stereocenters. The van der Waals surface area contributed by atoms with Crippen LogP contribution in [-0.2, 0) is 0 Å². The second-order valence-electron chi connectivity index (χ2n) is 11.6. The Morgan fingerprint density at radius 1 is 0.976 bits per heavy atom. The molecule has 0 amide bonds. The molecule has 2 aromatic carbocycles. The summed E-state index contributed by atoms with van der Waals surface area (Å²) < 4.78 is 26.5. The van der Waals surface area contributed by atoms with Crippen LogP contribution in [0.25, 0.3) is 10.9 Å². The van der Waals surface area contributed by atoms with E-state index in [9.17, 15) is 4.39 Å². The number of aromatic nitrogens is 2. The van der Waals surface area contributed by atoms with Crippen molar-refractivity contribution in [3.8, 4) is 11.5 Å². The summed E-state index contributed by atoms with van der Waals surface area (Å²) in [5, 5.41) is 4.11. The SMILES string of the molecule is CN1CCC(N2CCN(CCOc3cc(OC4CCCC4)c4c(Nc5ccc(F)c(Cl)c5)ncnc4c3)CC2)CC1. The van der Waals surface area contributed by atoms with Crippen LogP contribution in [0.1, 0.15) is 38.5 Å². The Balaban J connectivity index is 1.13. The lowest BCUT2D eigenvalue weighted by Crippen LogP contribution is -2.53. The number of likely N-dealkylation sites (tertiary alicyclic amines) is 1. The van der Waals surface area contributed by atoms with Gasteiger partial charge in [0.15, 0.2) is 0 Å². The molecule has 3 aromatic rings. The third-order valence-electron chi connectivity index (χ3n) is 8.74. The van der Waals surface area contributed by atoms with Crippen LogP contribution in [0.5, 0.6) is 11.5 Å². The average Bonchev–Trinajstić information content (AvgIpc) is 3.49. The van der Waals surface area contributed by atoms with Crippen LogP contribution in [-0.4, -0.2) is 96.3 Å². The Hall–Kier alpha value is -2.72. The molecule has 220 valence electrons. The first kappa shape index (κ1) is 28.4. The molecule has 10 heteroatoms. The van der Waals surface area contributed by atoms with Crippen molar-refractivity contribution >= 4 is 34.0 Å². The Morgan fingerprint density at radius 3 is 2.51 bits per heavy atom. The van der Waals surface area contributed by atoms with Gasteiger partial charge in [-0.15, -0.1) is 0 Å². The number of nitrogens with zero attached hydrogens (tertiary/aromatic N) is 5. The summed E-state index contributed by atoms with van der Waals surface area (Å²) in [6, 6.07) is 9.17. The van der Waals surface area contributed by atoms with Gasteiger partial charge < -0.3 is 19.7 Å². The van der Waals surface area contributed by atoms with E-state index in [0.717, 1.165) is 68.3 Å². The van der Waals surface area contributed by atoms with Crippen LogP contribution in [0, 0.1) is 5.82 Å². The van der Waals surface area contributed by atoms with Gasteiger partial charge in [-0.1, -0.05) is 11.6 Å². The monoisotopic (exact) mass is 582 g/mol. The summed E-state index contributed by atoms with van der Waals surface area (Å²) in [5.74, 6) is 1.56. The van der Waals surface area contributed by atoms with Crippen molar-refractivity contribution in [2.45, 2.75) is 50.7 Å². The van der Waals surface area contributed by atoms with E-state index in [-0.39, 0.29) is 11.1 Å². The minimum atomic E-state index is -0.462. The average molecular weight is 583 g/mol. The molecule has 1 N–H and O–H groups in total. The van der Waals surface area contributed by atoms with Gasteiger partial charge in [0.25, 0.3) is 0 Å². The van der Waals surface area contributed by atoms with Crippen molar-refractivity contribution in [3.05, 3.63) is 47.5 Å². The number of piperazine rings is 1. The zero-order valence-corrected chi connectivity index (χ0v) is 24.6. The molecule has 1 aromatic heterocycles. The van der Waals surface area contributed by atoms with Gasteiger partial charge in [-0.05, 0) is 76.9 Å². The number of fused-ring (bicyclic) bond motifs is 1. The van der Waals surface area contributed by atoms with Crippen LogP contribution < -0.4 is 14.8 Å². The standard InChI is InChI=1S/C31H40ClFN6O2/c1-37-10-8-23(9-11-37)39-14-12-38(13-15-39)16-17-40-25-19-28-30(29(20-25)41-24-4-2-3-5-24)31(35-21-34-28)36-22-6-7-27(33)26(32)18-22/h6-7,18-21,23-24H,2-5,8-17H2,1H3,(H,34,35,36). The molecule has 8 nitrogen and oxygen atoms in total. The fraction of sp³-hybridized carbons (Fsp3) is 0.548. The molecule has 1 saturated carbocycles. The van der Waals surface area contributed by atoms with Crippen molar-refractivity contribution in [1.82, 2.24) is 24.7 Å². The van der Waals surface area contributed by atoms with Gasteiger partial charge in [-0.25, -0.2) is 14.4 Å². The number of benzene rings is 2. The highest BCUT2D eigenvalue weighted by Crippen LogP contribution is 2.38. The van der Waals surface area contributed by atoms with Crippen molar-refractivity contribution in [1.29, 1.82) is 0 Å². The van der Waals surface area contributed by atoms with Gasteiger partial charge in [-0.2, -0.15) is 0 Å². The molecule has 3 aliphatic rings. The number of rotatable bonds is 9. The van der Waals surface area contributed by atoms with Gasteiger partial charge in [0.1, 0.15) is 36.1 Å². The largest absolute Gasteiger partial charge is 0.492 e. The lowest BCUT2D eigenvalue weighted by atomic mass is 10.0. The van der Waals surface area contributed by atoms with Crippen LogP contribution in [0.4, 0.5) is 15.9 Å². The van der Waals surface area contributed by atoms with Gasteiger partial charge >= 0.3 is 0 Å². The van der Waals surface area contributed by atoms with Crippen molar-refractivity contribution in [3.63, 3.8) is 0 Å². The van der Waals surface area contributed by atoms with Crippen LogP contribution in [0.3, 0.4) is 0 Å². The fourth-order valence-corrected chi connectivity index (χ4v) is 6.48. The van der Waals surface area contributed by atoms with Gasteiger partial charge in [0.2, 0.25) is 0 Å². The van der Waals surface area contributed by atoms with Gasteiger partial charge in [-0.3, -0.25) is 9.80 Å². The maximum Gasteiger partial charge on any atom is 0.145 e. The second kappa shape index (κ2) is 13.1. The van der Waals surface area contributed by atoms with Gasteiger partial charge in [0, 0.05) is 56.6 Å². The number of hydrogen-bond donors (Lipinski definition) is 1. The smallest absolute Gasteiger partial charge is 0.145 e. The highest BCUT2D eigenvalue weighted by molar-refractivity contribution is 6.31. The maximum absolute atomic E-state index is 13.7. The van der Waals surface area contributed by atoms with Crippen LogP contribution >= 0.6 is 11.6 Å². The fourth-order valence-electron chi connectivity index (χ4n) is 6.30. The van der Waals surface area contributed by atoms with Crippen molar-refractivity contribution < 1.29 is 13.9 Å². The third-order valence-corrected chi connectivity index (χ3v) is 9.03. The second-order valence-corrected chi connectivity index (χ2v) is 12.0. The molecular formula is C31H40ClFN6O2. The molecule has 6 rings (SSSR count). The van der Waals surface area contributed by atoms with E-state index in [4.69, 9.17) is 21.1 Å². The topological polar surface area (TPSA) is 66.0 Å². The highest BCUT2D eigenvalue weighted by atomic mass is 35.5. The van der Waals surface area contributed by atoms with E-state index in [1.807, 2.05) is 12.1 Å². The molecule has 41 heavy (non-hydrogen) atoms. The predicted molar refractivity (Wildman–Crippen MR) is 161 cm³/mol. The predicted octanol–water partition coefficient (Wildman–Crippen LogP) is 5.58. The summed E-state index contributed by atoms with van der Waals surface area (Å²) in [7, 11) is 2.22. The number of anilines is 2. The molecule has 2 saturated heterocycles. The first-order valence-electron chi connectivity index (χ1n) is 15.0. The molecule has 0 spiro atoms. The lowest BCUT2D eigenvalue weighted by molar-refractivity contribution is 0.0593. The Bertz CT molecular complexity index is 1320. The summed E-state index contributed by atoms with van der Waals surface area (Å²) in [5.41, 5.74) is 1.37. The maximum atomic E-state index is 13.7. The van der Waals surface area contributed by atoms with Crippen molar-refractivity contribution in [2.75, 3.05) is 64.8 Å². The van der Waals surface area contributed by atoms with Gasteiger partial charge in [0.05, 0.1) is 22.0 Å². The van der Waals surface area contributed by atoms with E-state index in [1.54, 1.807) is 12.1 Å². The minimum absolute atomic E-state index is 0.0507. The Labute approximate surface area is 246 Å². The number of piperidine rings is 1. The summed E-state index contributed by atoms with van der Waals surface area (Å²) in [6.45, 7) is 8.34. The number of hydrogen-bond acceptors (Lipinski definition) is 8. The summed E-state index contributed by atoms with van der Waals surface area (Å²) >= 11 is 6.02. The zero-order valence-electron chi connectivity index (χ0n) is 23.8. The molecule has 3 heterocycles. The van der Waals surface area contributed by atoms with Crippen molar-refractivity contribution in [2.24, 2.45) is 0 Å². The van der Waals surface area contributed by atoms with E-state index >= 15 is 0 Å². The molecule has 0 unspecified atom stereocenters. The quantitative estimate of drug-likeness (QED) is 0.351. The van der Waals surface area contributed by atoms with E-state index in [2.05, 4.69) is 37.0 Å². The highest BCUT2D eigenvalue weighted by Gasteiger charge is 2.26. The normalized spacial score (nSPS) is 20.1. The molecular weight excluding hydrogens is 543 g/mol. The summed E-state index contributed by atoms with van der Waals surface area (Å²) in [6.07, 6.45) is 8.63. The number of nitrogens with one attached hydrogen (secondary N) is 1. The van der Waals surface area contributed by atoms with E-state index in [0.29, 0.717) is 23.9 Å². The number of halogens is 2. The minimum Gasteiger partial charge on any atom is -0.492 e. The number of ether oxygens (including phenoxy) is 2. The lowest BCUT2D eigenvalue weighted by Gasteiger charge is -2.42. The molecule has 3 fully saturated rings. The molecule has 0 radical (unpaired) electrons. The molecule has 1 aliphatic carbocycles. The first-order valence-corrected chi connectivity index (χ1v) is 15.3. The third kappa shape index (κ3) is 7.02. The van der Waals surface area contributed by atoms with Crippen LogP contribution in [0.2, 0.25) is 5.02 Å². The van der Waals surface area contributed by atoms with E-state index in [1.165, 1.54) is 51.2 Å². The summed E-state index contributed by atoms with van der Waals surface area (Å²) in [4.78, 5) is 16.7. The zero-order chi connectivity index (χ0) is 28.2.